The number of aromatic nitrogens is 2. The summed E-state index contributed by atoms with van der Waals surface area (Å²) in [6.45, 7) is 1.88. The molecular weight excluding hydrogens is 390 g/mol. The molecule has 1 saturated heterocycles. The number of nitrogens with one attached hydrogen (secondary N) is 2. The molecule has 6 nitrogen and oxygen atoms in total. The second-order valence-electron chi connectivity index (χ2n) is 9.13. The zero-order valence-electron chi connectivity index (χ0n) is 17.6. The first-order valence-electron chi connectivity index (χ1n) is 11.4. The predicted octanol–water partition coefficient (Wildman–Crippen LogP) is 3.44. The van der Waals surface area contributed by atoms with E-state index in [1.807, 2.05) is 11.0 Å². The average molecular weight is 418 g/mol. The summed E-state index contributed by atoms with van der Waals surface area (Å²) in [7, 11) is 0. The van der Waals surface area contributed by atoms with Crippen molar-refractivity contribution < 1.29 is 9.53 Å². The fourth-order valence-electron chi connectivity index (χ4n) is 5.74. The first-order valence-corrected chi connectivity index (χ1v) is 11.4. The third-order valence-electron chi connectivity index (χ3n) is 7.43. The van der Waals surface area contributed by atoms with Crippen LogP contribution in [0.1, 0.15) is 58.6 Å². The zero-order valence-corrected chi connectivity index (χ0v) is 17.6. The van der Waals surface area contributed by atoms with Gasteiger partial charge in [0.2, 0.25) is 0 Å². The van der Waals surface area contributed by atoms with E-state index in [1.165, 1.54) is 16.6 Å². The molecule has 3 aromatic rings. The van der Waals surface area contributed by atoms with Crippen LogP contribution in [0.15, 0.2) is 35.1 Å². The number of H-pyrrole nitrogens is 2. The van der Waals surface area contributed by atoms with Gasteiger partial charge in [-0.2, -0.15) is 0 Å². The van der Waals surface area contributed by atoms with Crippen molar-refractivity contribution in [2.24, 2.45) is 0 Å². The number of amides is 1. The van der Waals surface area contributed by atoms with E-state index in [9.17, 15) is 9.59 Å². The number of ether oxygens (including phenoxy) is 1. The fraction of sp³-hybridized carbons (Fsp3) is 0.440. The Morgan fingerprint density at radius 3 is 2.71 bits per heavy atom. The van der Waals surface area contributed by atoms with E-state index in [0.29, 0.717) is 19.7 Å². The van der Waals surface area contributed by atoms with Crippen LogP contribution in [-0.4, -0.2) is 40.5 Å². The van der Waals surface area contributed by atoms with Crippen LogP contribution in [0.3, 0.4) is 0 Å². The molecule has 1 fully saturated rings. The van der Waals surface area contributed by atoms with Gasteiger partial charge in [0.25, 0.3) is 11.5 Å². The summed E-state index contributed by atoms with van der Waals surface area (Å²) in [5, 5.41) is 1.28. The molecule has 0 radical (unpaired) electrons. The number of benzene rings is 1. The number of piperidine rings is 1. The van der Waals surface area contributed by atoms with Gasteiger partial charge in [0.1, 0.15) is 11.2 Å². The average Bonchev–Trinajstić information content (AvgIpc) is 3.19. The summed E-state index contributed by atoms with van der Waals surface area (Å²) in [5.41, 5.74) is 5.48. The lowest BCUT2D eigenvalue weighted by atomic mass is 9.83. The quantitative estimate of drug-likeness (QED) is 0.637. The number of rotatable bonds is 1. The maximum atomic E-state index is 13.2. The number of carbonyl (C=O) groups is 1. The lowest BCUT2D eigenvalue weighted by Gasteiger charge is -2.43. The minimum atomic E-state index is -0.369. The Bertz CT molecular complexity index is 1230. The van der Waals surface area contributed by atoms with Gasteiger partial charge in [-0.15, -0.1) is 0 Å². The monoisotopic (exact) mass is 417 g/mol. The van der Waals surface area contributed by atoms with Gasteiger partial charge in [-0.1, -0.05) is 18.2 Å². The van der Waals surface area contributed by atoms with Crippen molar-refractivity contribution in [3.05, 3.63) is 68.8 Å². The Morgan fingerprint density at radius 1 is 1.03 bits per heavy atom. The number of hydrogen-bond acceptors (Lipinski definition) is 3. The van der Waals surface area contributed by atoms with Gasteiger partial charge in [0.05, 0.1) is 12.3 Å². The lowest BCUT2D eigenvalue weighted by molar-refractivity contribution is -0.0957. The summed E-state index contributed by atoms with van der Waals surface area (Å²) in [6, 6.07) is 10.3. The number of nitrogens with zero attached hydrogens (tertiary/aromatic N) is 1. The maximum absolute atomic E-state index is 13.2. The number of para-hydroxylation sites is 1. The Balaban J connectivity index is 1.26. The van der Waals surface area contributed by atoms with E-state index < -0.39 is 0 Å². The fourth-order valence-corrected chi connectivity index (χ4v) is 5.74. The second kappa shape index (κ2) is 7.09. The van der Waals surface area contributed by atoms with Gasteiger partial charge in [0, 0.05) is 29.7 Å². The molecule has 1 aliphatic carbocycles. The Kier molecular flexibility index (Phi) is 4.32. The topological polar surface area (TPSA) is 78.2 Å². The summed E-state index contributed by atoms with van der Waals surface area (Å²) in [5.74, 6) is -0.155. The van der Waals surface area contributed by atoms with E-state index in [1.54, 1.807) is 0 Å². The van der Waals surface area contributed by atoms with Crippen LogP contribution in [0.2, 0.25) is 0 Å². The van der Waals surface area contributed by atoms with Crippen LogP contribution in [0.4, 0.5) is 0 Å². The van der Waals surface area contributed by atoms with Crippen LogP contribution in [0, 0.1) is 0 Å². The minimum absolute atomic E-state index is 0.155. The highest BCUT2D eigenvalue weighted by atomic mass is 16.5. The van der Waals surface area contributed by atoms with Crippen LogP contribution in [-0.2, 0) is 29.6 Å². The lowest BCUT2D eigenvalue weighted by Crippen LogP contribution is -2.49. The molecule has 160 valence electrons. The van der Waals surface area contributed by atoms with E-state index in [4.69, 9.17) is 4.74 Å². The van der Waals surface area contributed by atoms with Crippen molar-refractivity contribution in [2.75, 3.05) is 19.7 Å². The summed E-state index contributed by atoms with van der Waals surface area (Å²) < 4.78 is 6.36. The highest BCUT2D eigenvalue weighted by Gasteiger charge is 2.43. The number of hydrogen-bond donors (Lipinski definition) is 2. The molecular formula is C25H27N3O3. The molecule has 3 aliphatic rings. The molecule has 1 amide bonds. The molecule has 0 unspecified atom stereocenters. The second-order valence-corrected chi connectivity index (χ2v) is 9.13. The van der Waals surface area contributed by atoms with Crippen LogP contribution >= 0.6 is 0 Å². The maximum Gasteiger partial charge on any atom is 0.261 e. The normalized spacial score (nSPS) is 19.9. The summed E-state index contributed by atoms with van der Waals surface area (Å²) in [6.07, 6.45) is 6.43. The summed E-state index contributed by atoms with van der Waals surface area (Å²) >= 11 is 0. The molecule has 31 heavy (non-hydrogen) atoms. The minimum Gasteiger partial charge on any atom is -0.368 e. The smallest absolute Gasteiger partial charge is 0.261 e. The number of aryl methyl sites for hydroxylation is 2. The van der Waals surface area contributed by atoms with E-state index >= 15 is 0 Å². The highest BCUT2D eigenvalue weighted by molar-refractivity contribution is 5.94. The summed E-state index contributed by atoms with van der Waals surface area (Å²) in [4.78, 5) is 34.2. The molecule has 1 aromatic carbocycles. The van der Waals surface area contributed by atoms with Crippen molar-refractivity contribution in [3.8, 4) is 0 Å². The molecule has 0 atom stereocenters. The molecule has 0 bridgehead atoms. The third kappa shape index (κ3) is 2.96. The highest BCUT2D eigenvalue weighted by Crippen LogP contribution is 2.43. The van der Waals surface area contributed by atoms with Crippen LogP contribution in [0.25, 0.3) is 10.9 Å². The van der Waals surface area contributed by atoms with Crippen molar-refractivity contribution in [3.63, 3.8) is 0 Å². The Hall–Kier alpha value is -2.86. The molecule has 2 aromatic heterocycles. The Labute approximate surface area is 180 Å². The van der Waals surface area contributed by atoms with Crippen LogP contribution < -0.4 is 5.56 Å². The molecule has 4 heterocycles. The number of fused-ring (bicyclic) bond motifs is 5. The van der Waals surface area contributed by atoms with E-state index in [2.05, 4.69) is 34.2 Å². The Morgan fingerprint density at radius 2 is 1.84 bits per heavy atom. The van der Waals surface area contributed by atoms with Crippen molar-refractivity contribution in [1.82, 2.24) is 14.9 Å². The van der Waals surface area contributed by atoms with Gasteiger partial charge in [0.15, 0.2) is 0 Å². The van der Waals surface area contributed by atoms with Gasteiger partial charge >= 0.3 is 0 Å². The SMILES string of the molecule is O=C(c1cc2c([nH]c1=O)CCCC2)N1CCC2(CC1)OCCc1c2[nH]c2ccccc12. The van der Waals surface area contributed by atoms with Crippen LogP contribution in [0.5, 0.6) is 0 Å². The van der Waals surface area contributed by atoms with Gasteiger partial charge in [-0.05, 0) is 68.2 Å². The van der Waals surface area contributed by atoms with Gasteiger partial charge in [-0.3, -0.25) is 9.59 Å². The molecule has 0 saturated carbocycles. The van der Waals surface area contributed by atoms with Crippen molar-refractivity contribution in [2.45, 2.75) is 50.5 Å². The predicted molar refractivity (Wildman–Crippen MR) is 118 cm³/mol. The molecule has 6 heteroatoms. The van der Waals surface area contributed by atoms with Crippen molar-refractivity contribution >= 4 is 16.8 Å². The first kappa shape index (κ1) is 18.9. The first-order chi connectivity index (χ1) is 15.1. The largest absolute Gasteiger partial charge is 0.368 e. The van der Waals surface area contributed by atoms with E-state index in [0.717, 1.165) is 61.7 Å². The van der Waals surface area contributed by atoms with Crippen molar-refractivity contribution in [1.29, 1.82) is 0 Å². The number of carbonyl (C=O) groups excluding carboxylic acids is 1. The zero-order chi connectivity index (χ0) is 21.0. The third-order valence-corrected chi connectivity index (χ3v) is 7.43. The van der Waals surface area contributed by atoms with E-state index in [-0.39, 0.29) is 22.6 Å². The standard InChI is InChI=1S/C25H27N3O3/c29-23-19(15-16-5-1-3-7-20(16)27-23)24(30)28-12-10-25(11-13-28)22-18(9-14-31-25)17-6-2-4-8-21(17)26-22/h2,4,6,8,15,26H,1,3,5,7,9-14H2,(H,27,29). The molecule has 1 spiro atoms. The number of aromatic amines is 2. The van der Waals surface area contributed by atoms with Gasteiger partial charge in [-0.25, -0.2) is 0 Å². The molecule has 2 N–H and O–H groups in total. The molecule has 6 rings (SSSR count). The molecule has 2 aliphatic heterocycles. The van der Waals surface area contributed by atoms with Gasteiger partial charge < -0.3 is 19.6 Å². The number of likely N-dealkylation sites (tertiary alicyclic amines) is 1. The number of pyridine rings is 1.